The first-order valence-corrected chi connectivity index (χ1v) is 9.52. The molecule has 3 N–H and O–H groups in total. The summed E-state index contributed by atoms with van der Waals surface area (Å²) < 4.78 is 0. The summed E-state index contributed by atoms with van der Waals surface area (Å²) in [6.07, 6.45) is 2.40. The van der Waals surface area contributed by atoms with Gasteiger partial charge in [-0.1, -0.05) is 26.0 Å². The lowest BCUT2D eigenvalue weighted by molar-refractivity contribution is -0.116. The molecule has 0 unspecified atom stereocenters. The van der Waals surface area contributed by atoms with Crippen molar-refractivity contribution in [3.63, 3.8) is 0 Å². The number of nitrogens with zero attached hydrogens (tertiary/aromatic N) is 2. The van der Waals surface area contributed by atoms with E-state index in [0.717, 1.165) is 16.3 Å². The van der Waals surface area contributed by atoms with Crippen molar-refractivity contribution in [1.82, 2.24) is 15.6 Å². The van der Waals surface area contributed by atoms with Gasteiger partial charge in [-0.05, 0) is 30.5 Å². The van der Waals surface area contributed by atoms with Crippen LogP contribution in [0.4, 0.5) is 5.69 Å². The molecule has 1 heterocycles. The number of benzene rings is 1. The molecule has 26 heavy (non-hydrogen) atoms. The molecule has 1 aromatic heterocycles. The molecule has 0 fully saturated rings. The fourth-order valence-corrected chi connectivity index (χ4v) is 3.12. The number of guanidine groups is 1. The van der Waals surface area contributed by atoms with Gasteiger partial charge in [0.05, 0.1) is 6.54 Å². The standard InChI is InChI=1S/C19H27N5OS/c1-13(2)8-17(25)24-16-7-5-6-15(9-16)11-22-19(20-4)23-12-18-21-10-14(3)26-18/h5-7,9-10,13H,8,11-12H2,1-4H3,(H,24,25)(H2,20,22,23). The first kappa shape index (κ1) is 19.9. The summed E-state index contributed by atoms with van der Waals surface area (Å²) >= 11 is 1.67. The molecule has 1 amide bonds. The van der Waals surface area contributed by atoms with Crippen molar-refractivity contribution < 1.29 is 4.79 Å². The van der Waals surface area contributed by atoms with Gasteiger partial charge in [0.25, 0.3) is 0 Å². The third-order valence-corrected chi connectivity index (χ3v) is 4.48. The molecule has 7 heteroatoms. The van der Waals surface area contributed by atoms with Crippen molar-refractivity contribution in [2.75, 3.05) is 12.4 Å². The Kier molecular flexibility index (Phi) is 7.59. The lowest BCUT2D eigenvalue weighted by Gasteiger charge is -2.12. The van der Waals surface area contributed by atoms with E-state index in [9.17, 15) is 4.79 Å². The molecular weight excluding hydrogens is 346 g/mol. The van der Waals surface area contributed by atoms with Crippen LogP contribution < -0.4 is 16.0 Å². The minimum absolute atomic E-state index is 0.0429. The van der Waals surface area contributed by atoms with Gasteiger partial charge in [0, 0.05) is 36.8 Å². The highest BCUT2D eigenvalue weighted by Crippen LogP contribution is 2.12. The fourth-order valence-electron chi connectivity index (χ4n) is 2.39. The number of anilines is 1. The van der Waals surface area contributed by atoms with Crippen LogP contribution in [0.15, 0.2) is 35.5 Å². The third-order valence-electron chi connectivity index (χ3n) is 3.56. The number of thiazole rings is 1. The van der Waals surface area contributed by atoms with Crippen molar-refractivity contribution in [3.05, 3.63) is 45.9 Å². The summed E-state index contributed by atoms with van der Waals surface area (Å²) in [5.41, 5.74) is 1.89. The first-order valence-electron chi connectivity index (χ1n) is 8.71. The van der Waals surface area contributed by atoms with Gasteiger partial charge in [0.1, 0.15) is 5.01 Å². The number of hydrogen-bond donors (Lipinski definition) is 3. The quantitative estimate of drug-likeness (QED) is 0.514. The smallest absolute Gasteiger partial charge is 0.224 e. The largest absolute Gasteiger partial charge is 0.352 e. The normalized spacial score (nSPS) is 11.5. The van der Waals surface area contributed by atoms with Gasteiger partial charge >= 0.3 is 0 Å². The summed E-state index contributed by atoms with van der Waals surface area (Å²) in [5.74, 6) is 1.10. The van der Waals surface area contributed by atoms with Crippen LogP contribution in [-0.2, 0) is 17.9 Å². The van der Waals surface area contributed by atoms with Crippen molar-refractivity contribution in [1.29, 1.82) is 0 Å². The fraction of sp³-hybridized carbons (Fsp3) is 0.421. The number of carbonyl (C=O) groups excluding carboxylic acids is 1. The number of aryl methyl sites for hydroxylation is 1. The van der Waals surface area contributed by atoms with Gasteiger partial charge in [-0.2, -0.15) is 0 Å². The monoisotopic (exact) mass is 373 g/mol. The Bertz CT molecular complexity index is 754. The van der Waals surface area contributed by atoms with Crippen LogP contribution in [-0.4, -0.2) is 23.9 Å². The molecule has 140 valence electrons. The summed E-state index contributed by atoms with van der Waals surface area (Å²) in [6, 6.07) is 7.83. The van der Waals surface area contributed by atoms with Crippen LogP contribution in [0.2, 0.25) is 0 Å². The van der Waals surface area contributed by atoms with Gasteiger partial charge in [0.15, 0.2) is 5.96 Å². The second kappa shape index (κ2) is 9.91. The first-order chi connectivity index (χ1) is 12.5. The molecular formula is C19H27N5OS. The van der Waals surface area contributed by atoms with E-state index in [1.807, 2.05) is 51.2 Å². The van der Waals surface area contributed by atoms with E-state index in [2.05, 4.69) is 25.9 Å². The van der Waals surface area contributed by atoms with E-state index in [1.165, 1.54) is 4.88 Å². The lowest BCUT2D eigenvalue weighted by atomic mass is 10.1. The summed E-state index contributed by atoms with van der Waals surface area (Å²) in [7, 11) is 1.74. The minimum atomic E-state index is 0.0429. The summed E-state index contributed by atoms with van der Waals surface area (Å²) in [5, 5.41) is 10.5. The predicted molar refractivity (Wildman–Crippen MR) is 108 cm³/mol. The lowest BCUT2D eigenvalue weighted by Crippen LogP contribution is -2.36. The molecule has 1 aromatic carbocycles. The number of rotatable bonds is 7. The van der Waals surface area contributed by atoms with E-state index in [4.69, 9.17) is 0 Å². The molecule has 0 aliphatic heterocycles. The number of carbonyl (C=O) groups is 1. The Balaban J connectivity index is 1.85. The highest BCUT2D eigenvalue weighted by Gasteiger charge is 2.06. The molecule has 2 rings (SSSR count). The maximum atomic E-state index is 11.9. The molecule has 0 saturated carbocycles. The molecule has 0 bridgehead atoms. The van der Waals surface area contributed by atoms with E-state index >= 15 is 0 Å². The summed E-state index contributed by atoms with van der Waals surface area (Å²) in [6.45, 7) is 7.37. The van der Waals surface area contributed by atoms with Crippen molar-refractivity contribution in [2.24, 2.45) is 10.9 Å². The Morgan fingerprint density at radius 1 is 1.27 bits per heavy atom. The SMILES string of the molecule is CN=C(NCc1cccc(NC(=O)CC(C)C)c1)NCc1ncc(C)s1. The van der Waals surface area contributed by atoms with Crippen molar-refractivity contribution in [3.8, 4) is 0 Å². The van der Waals surface area contributed by atoms with E-state index in [0.29, 0.717) is 31.4 Å². The highest BCUT2D eigenvalue weighted by molar-refractivity contribution is 7.11. The third kappa shape index (κ3) is 6.84. The average molecular weight is 374 g/mol. The van der Waals surface area contributed by atoms with Gasteiger partial charge in [0.2, 0.25) is 5.91 Å². The number of amides is 1. The second-order valence-electron chi connectivity index (χ2n) is 6.49. The molecule has 6 nitrogen and oxygen atoms in total. The number of aliphatic imine (C=N–C) groups is 1. The van der Waals surface area contributed by atoms with Crippen LogP contribution in [0, 0.1) is 12.8 Å². The van der Waals surface area contributed by atoms with Crippen LogP contribution in [0.1, 0.15) is 35.7 Å². The Hall–Kier alpha value is -2.41. The van der Waals surface area contributed by atoms with Crippen LogP contribution in [0.3, 0.4) is 0 Å². The van der Waals surface area contributed by atoms with Gasteiger partial charge < -0.3 is 16.0 Å². The maximum absolute atomic E-state index is 11.9. The van der Waals surface area contributed by atoms with Gasteiger partial charge in [-0.15, -0.1) is 11.3 Å². The van der Waals surface area contributed by atoms with E-state index in [1.54, 1.807) is 18.4 Å². The highest BCUT2D eigenvalue weighted by atomic mass is 32.1. The number of hydrogen-bond acceptors (Lipinski definition) is 4. The zero-order valence-electron chi connectivity index (χ0n) is 15.8. The summed E-state index contributed by atoms with van der Waals surface area (Å²) in [4.78, 5) is 21.7. The van der Waals surface area contributed by atoms with E-state index < -0.39 is 0 Å². The Labute approximate surface area is 159 Å². The van der Waals surface area contributed by atoms with E-state index in [-0.39, 0.29) is 5.91 Å². The molecule has 0 spiro atoms. The molecule has 0 aliphatic rings. The topological polar surface area (TPSA) is 78.4 Å². The van der Waals surface area contributed by atoms with Crippen LogP contribution >= 0.6 is 11.3 Å². The van der Waals surface area contributed by atoms with Crippen molar-refractivity contribution in [2.45, 2.75) is 40.3 Å². The Morgan fingerprint density at radius 2 is 2.04 bits per heavy atom. The van der Waals surface area contributed by atoms with Crippen molar-refractivity contribution >= 4 is 28.9 Å². The molecule has 0 aliphatic carbocycles. The molecule has 0 radical (unpaired) electrons. The predicted octanol–water partition coefficient (Wildman–Crippen LogP) is 3.30. The van der Waals surface area contributed by atoms with Crippen LogP contribution in [0.25, 0.3) is 0 Å². The zero-order chi connectivity index (χ0) is 18.9. The van der Waals surface area contributed by atoms with Gasteiger partial charge in [-0.3, -0.25) is 9.79 Å². The maximum Gasteiger partial charge on any atom is 0.224 e. The molecule has 0 atom stereocenters. The molecule has 2 aromatic rings. The second-order valence-corrected chi connectivity index (χ2v) is 7.81. The average Bonchev–Trinajstić information content (AvgIpc) is 3.00. The molecule has 0 saturated heterocycles. The number of nitrogens with one attached hydrogen (secondary N) is 3. The zero-order valence-corrected chi connectivity index (χ0v) is 16.6. The number of aromatic nitrogens is 1. The Morgan fingerprint density at radius 3 is 2.69 bits per heavy atom. The minimum Gasteiger partial charge on any atom is -0.352 e. The van der Waals surface area contributed by atoms with Gasteiger partial charge in [-0.25, -0.2) is 4.98 Å². The van der Waals surface area contributed by atoms with Crippen LogP contribution in [0.5, 0.6) is 0 Å².